The first-order valence-corrected chi connectivity index (χ1v) is 8.31. The van der Waals surface area contributed by atoms with Crippen molar-refractivity contribution in [1.29, 1.82) is 0 Å². The van der Waals surface area contributed by atoms with Crippen LogP contribution < -0.4 is 15.4 Å². The standard InChI is InChI=1S/C13H22N4O2S/c1-14-20(18,19)13-4-2-12(3-5-13)16-8-11-17-9-6-15-7-10-17/h2-5,14-16H,6-11H2,1H3. The Morgan fingerprint density at radius 1 is 1.20 bits per heavy atom. The molecule has 112 valence electrons. The zero-order valence-electron chi connectivity index (χ0n) is 11.7. The number of piperazine rings is 1. The molecule has 3 N–H and O–H groups in total. The lowest BCUT2D eigenvalue weighted by Crippen LogP contribution is -2.45. The van der Waals surface area contributed by atoms with Gasteiger partial charge in [0.2, 0.25) is 10.0 Å². The quantitative estimate of drug-likeness (QED) is 0.685. The Kier molecular flexibility index (Phi) is 5.36. The zero-order valence-corrected chi connectivity index (χ0v) is 12.5. The van der Waals surface area contributed by atoms with Crippen LogP contribution in [0.2, 0.25) is 0 Å². The average molecular weight is 298 g/mol. The third-order valence-electron chi connectivity index (χ3n) is 3.40. The maximum atomic E-state index is 11.6. The van der Waals surface area contributed by atoms with Crippen molar-refractivity contribution in [3.63, 3.8) is 0 Å². The van der Waals surface area contributed by atoms with Gasteiger partial charge in [-0.2, -0.15) is 0 Å². The van der Waals surface area contributed by atoms with Crippen LogP contribution in [0.25, 0.3) is 0 Å². The smallest absolute Gasteiger partial charge is 0.240 e. The minimum absolute atomic E-state index is 0.285. The van der Waals surface area contributed by atoms with Crippen LogP contribution in [-0.4, -0.2) is 59.6 Å². The fraction of sp³-hybridized carbons (Fsp3) is 0.538. The zero-order chi connectivity index (χ0) is 14.4. The molecule has 0 aromatic heterocycles. The van der Waals surface area contributed by atoms with Gasteiger partial charge in [-0.05, 0) is 31.3 Å². The van der Waals surface area contributed by atoms with Crippen LogP contribution >= 0.6 is 0 Å². The first-order chi connectivity index (χ1) is 9.62. The molecule has 6 nitrogen and oxygen atoms in total. The summed E-state index contributed by atoms with van der Waals surface area (Å²) in [6, 6.07) is 6.81. The number of sulfonamides is 1. The monoisotopic (exact) mass is 298 g/mol. The number of rotatable bonds is 6. The summed E-state index contributed by atoms with van der Waals surface area (Å²) in [6.07, 6.45) is 0. The topological polar surface area (TPSA) is 73.5 Å². The van der Waals surface area contributed by atoms with E-state index in [0.29, 0.717) is 0 Å². The van der Waals surface area contributed by atoms with Crippen molar-refractivity contribution in [2.45, 2.75) is 4.90 Å². The molecule has 1 fully saturated rings. The molecule has 0 amide bonds. The molecule has 0 unspecified atom stereocenters. The van der Waals surface area contributed by atoms with Crippen LogP contribution in [-0.2, 0) is 10.0 Å². The van der Waals surface area contributed by atoms with Crippen LogP contribution in [0, 0.1) is 0 Å². The van der Waals surface area contributed by atoms with Crippen molar-refractivity contribution >= 4 is 15.7 Å². The number of benzene rings is 1. The van der Waals surface area contributed by atoms with Crippen molar-refractivity contribution in [3.8, 4) is 0 Å². The number of hydrogen-bond acceptors (Lipinski definition) is 5. The lowest BCUT2D eigenvalue weighted by Gasteiger charge is -2.27. The maximum Gasteiger partial charge on any atom is 0.240 e. The average Bonchev–Trinajstić information content (AvgIpc) is 2.49. The van der Waals surface area contributed by atoms with E-state index in [-0.39, 0.29) is 4.90 Å². The minimum Gasteiger partial charge on any atom is -0.384 e. The van der Waals surface area contributed by atoms with E-state index in [2.05, 4.69) is 20.3 Å². The van der Waals surface area contributed by atoms with E-state index in [1.54, 1.807) is 24.3 Å². The summed E-state index contributed by atoms with van der Waals surface area (Å²) in [5, 5.41) is 6.64. The second-order valence-electron chi connectivity index (χ2n) is 4.75. The molecule has 1 aromatic rings. The summed E-state index contributed by atoms with van der Waals surface area (Å²) < 4.78 is 25.5. The second-order valence-corrected chi connectivity index (χ2v) is 6.64. The van der Waals surface area contributed by atoms with Crippen LogP contribution in [0.4, 0.5) is 5.69 Å². The number of anilines is 1. The Balaban J connectivity index is 1.82. The van der Waals surface area contributed by atoms with Gasteiger partial charge >= 0.3 is 0 Å². The SMILES string of the molecule is CNS(=O)(=O)c1ccc(NCCN2CCNCC2)cc1. The molecule has 1 aliphatic rings. The fourth-order valence-corrected chi connectivity index (χ4v) is 2.89. The highest BCUT2D eigenvalue weighted by Crippen LogP contribution is 2.13. The summed E-state index contributed by atoms with van der Waals surface area (Å²) >= 11 is 0. The lowest BCUT2D eigenvalue weighted by molar-refractivity contribution is 0.249. The van der Waals surface area contributed by atoms with Crippen LogP contribution in [0.3, 0.4) is 0 Å². The van der Waals surface area contributed by atoms with E-state index in [9.17, 15) is 8.42 Å². The summed E-state index contributed by atoms with van der Waals surface area (Å²) in [5.41, 5.74) is 0.940. The molecule has 1 saturated heterocycles. The Bertz CT molecular complexity index is 510. The van der Waals surface area contributed by atoms with Crippen molar-refractivity contribution < 1.29 is 8.42 Å². The van der Waals surface area contributed by atoms with Gasteiger partial charge in [0.05, 0.1) is 4.90 Å². The van der Waals surface area contributed by atoms with Gasteiger partial charge in [0.25, 0.3) is 0 Å². The Morgan fingerprint density at radius 3 is 2.45 bits per heavy atom. The van der Waals surface area contributed by atoms with E-state index >= 15 is 0 Å². The molecule has 0 saturated carbocycles. The highest BCUT2D eigenvalue weighted by atomic mass is 32.2. The third-order valence-corrected chi connectivity index (χ3v) is 4.83. The van der Waals surface area contributed by atoms with Gasteiger partial charge in [0.1, 0.15) is 0 Å². The molecule has 1 aliphatic heterocycles. The van der Waals surface area contributed by atoms with Crippen molar-refractivity contribution in [2.75, 3.05) is 51.6 Å². The summed E-state index contributed by atoms with van der Waals surface area (Å²) in [6.45, 7) is 6.13. The maximum absolute atomic E-state index is 11.6. The summed E-state index contributed by atoms with van der Waals surface area (Å²) in [4.78, 5) is 2.69. The minimum atomic E-state index is -3.35. The highest BCUT2D eigenvalue weighted by molar-refractivity contribution is 7.89. The molecule has 2 rings (SSSR count). The van der Waals surface area contributed by atoms with E-state index in [1.165, 1.54) is 7.05 Å². The van der Waals surface area contributed by atoms with Gasteiger partial charge in [-0.3, -0.25) is 4.90 Å². The van der Waals surface area contributed by atoms with Gasteiger partial charge in [0.15, 0.2) is 0 Å². The van der Waals surface area contributed by atoms with E-state index in [0.717, 1.165) is 45.0 Å². The van der Waals surface area contributed by atoms with Gasteiger partial charge in [-0.25, -0.2) is 13.1 Å². The normalized spacial score (nSPS) is 17.1. The second kappa shape index (κ2) is 7.03. The molecule has 1 aromatic carbocycles. The first kappa shape index (κ1) is 15.2. The Hall–Kier alpha value is -1.15. The predicted octanol–water partition coefficient (Wildman–Crippen LogP) is -0.0882. The largest absolute Gasteiger partial charge is 0.384 e. The molecule has 7 heteroatoms. The molecule has 0 spiro atoms. The molecule has 1 heterocycles. The molecular formula is C13H22N4O2S. The van der Waals surface area contributed by atoms with Gasteiger partial charge in [-0.15, -0.1) is 0 Å². The van der Waals surface area contributed by atoms with Crippen molar-refractivity contribution in [1.82, 2.24) is 14.9 Å². The highest BCUT2D eigenvalue weighted by Gasteiger charge is 2.11. The van der Waals surface area contributed by atoms with Crippen LogP contribution in [0.5, 0.6) is 0 Å². The van der Waals surface area contributed by atoms with Gasteiger partial charge < -0.3 is 10.6 Å². The molecule has 0 radical (unpaired) electrons. The molecule has 0 atom stereocenters. The van der Waals surface area contributed by atoms with Crippen molar-refractivity contribution in [3.05, 3.63) is 24.3 Å². The summed E-state index contributed by atoms with van der Waals surface area (Å²) in [7, 11) is -1.93. The molecule has 0 bridgehead atoms. The fourth-order valence-electron chi connectivity index (χ4n) is 2.16. The van der Waals surface area contributed by atoms with E-state index in [1.807, 2.05) is 0 Å². The van der Waals surface area contributed by atoms with E-state index < -0.39 is 10.0 Å². The van der Waals surface area contributed by atoms with Gasteiger partial charge in [-0.1, -0.05) is 0 Å². The Labute approximate surface area is 120 Å². The molecular weight excluding hydrogens is 276 g/mol. The number of hydrogen-bond donors (Lipinski definition) is 3. The first-order valence-electron chi connectivity index (χ1n) is 6.82. The molecule has 0 aliphatic carbocycles. The van der Waals surface area contributed by atoms with Crippen LogP contribution in [0.15, 0.2) is 29.2 Å². The van der Waals surface area contributed by atoms with E-state index in [4.69, 9.17) is 0 Å². The molecule has 20 heavy (non-hydrogen) atoms. The lowest BCUT2D eigenvalue weighted by atomic mass is 10.3. The van der Waals surface area contributed by atoms with Crippen LogP contribution in [0.1, 0.15) is 0 Å². The van der Waals surface area contributed by atoms with Gasteiger partial charge in [0, 0.05) is 45.0 Å². The van der Waals surface area contributed by atoms with Crippen molar-refractivity contribution in [2.24, 2.45) is 0 Å². The predicted molar refractivity (Wildman–Crippen MR) is 80.5 cm³/mol. The number of nitrogens with one attached hydrogen (secondary N) is 3. The number of nitrogens with zero attached hydrogens (tertiary/aromatic N) is 1. The third kappa shape index (κ3) is 4.17. The Morgan fingerprint density at radius 2 is 1.85 bits per heavy atom. The summed E-state index contributed by atoms with van der Waals surface area (Å²) in [5.74, 6) is 0.